The van der Waals surface area contributed by atoms with Gasteiger partial charge in [0, 0.05) is 10.9 Å². The minimum absolute atomic E-state index is 0.0259. The monoisotopic (exact) mass is 342 g/mol. The van der Waals surface area contributed by atoms with Gasteiger partial charge in [-0.3, -0.25) is 5.10 Å². The first-order valence-corrected chi connectivity index (χ1v) is 9.03. The van der Waals surface area contributed by atoms with Crippen LogP contribution < -0.4 is 0 Å². The fourth-order valence-electron chi connectivity index (χ4n) is 3.35. The molecule has 1 aliphatic rings. The Morgan fingerprint density at radius 1 is 1.45 bits per heavy atom. The SMILES string of the molecule is CC(C)(C1CCSCC1)C(O)c1c(F)c(Cl)cc2cn[nH]c12. The highest BCUT2D eigenvalue weighted by Crippen LogP contribution is 2.48. The van der Waals surface area contributed by atoms with Crippen molar-refractivity contribution in [2.75, 3.05) is 11.5 Å². The highest BCUT2D eigenvalue weighted by molar-refractivity contribution is 7.99. The van der Waals surface area contributed by atoms with Crippen LogP contribution in [-0.2, 0) is 0 Å². The third-order valence-corrected chi connectivity index (χ3v) is 6.24. The van der Waals surface area contributed by atoms with Crippen molar-refractivity contribution in [3.05, 3.63) is 28.7 Å². The molecule has 2 heterocycles. The van der Waals surface area contributed by atoms with E-state index in [0.717, 1.165) is 29.7 Å². The molecule has 2 N–H and O–H groups in total. The standard InChI is InChI=1S/C16H20ClFN2OS/c1-16(2,10-3-5-22-6-4-10)15(21)12-13(18)11(17)7-9-8-19-20-14(9)12/h7-8,10,15,21H,3-6H2,1-2H3,(H,19,20). The van der Waals surface area contributed by atoms with E-state index in [1.165, 1.54) is 6.07 Å². The summed E-state index contributed by atoms with van der Waals surface area (Å²) in [7, 11) is 0. The van der Waals surface area contributed by atoms with Crippen LogP contribution in [0.2, 0.25) is 5.02 Å². The van der Waals surface area contributed by atoms with Gasteiger partial charge < -0.3 is 5.11 Å². The lowest BCUT2D eigenvalue weighted by Crippen LogP contribution is -2.34. The molecule has 0 bridgehead atoms. The second-order valence-electron chi connectivity index (χ2n) is 6.53. The summed E-state index contributed by atoms with van der Waals surface area (Å²) in [4.78, 5) is 0. The smallest absolute Gasteiger partial charge is 0.149 e. The van der Waals surface area contributed by atoms with Crippen LogP contribution in [0.15, 0.2) is 12.3 Å². The summed E-state index contributed by atoms with van der Waals surface area (Å²) < 4.78 is 14.6. The van der Waals surface area contributed by atoms with Crippen molar-refractivity contribution in [3.63, 3.8) is 0 Å². The summed E-state index contributed by atoms with van der Waals surface area (Å²) in [5.74, 6) is 2.00. The molecular formula is C16H20ClFN2OS. The van der Waals surface area contributed by atoms with Gasteiger partial charge in [-0.25, -0.2) is 4.39 Å². The van der Waals surface area contributed by atoms with Gasteiger partial charge in [-0.05, 0) is 41.7 Å². The van der Waals surface area contributed by atoms with Crippen LogP contribution in [-0.4, -0.2) is 26.8 Å². The first-order chi connectivity index (χ1) is 10.4. The maximum Gasteiger partial charge on any atom is 0.149 e. The van der Waals surface area contributed by atoms with Crippen molar-refractivity contribution >= 4 is 34.3 Å². The summed E-state index contributed by atoms with van der Waals surface area (Å²) >= 11 is 7.94. The number of aliphatic hydroxyl groups is 1. The van der Waals surface area contributed by atoms with E-state index in [9.17, 15) is 9.50 Å². The number of aromatic nitrogens is 2. The Kier molecular flexibility index (Phi) is 4.40. The van der Waals surface area contributed by atoms with Crippen LogP contribution in [0.5, 0.6) is 0 Å². The number of nitrogens with zero attached hydrogens (tertiary/aromatic N) is 1. The van der Waals surface area contributed by atoms with Crippen LogP contribution >= 0.6 is 23.4 Å². The van der Waals surface area contributed by atoms with Crippen molar-refractivity contribution < 1.29 is 9.50 Å². The molecule has 120 valence electrons. The fraction of sp³-hybridized carbons (Fsp3) is 0.562. The van der Waals surface area contributed by atoms with Crippen LogP contribution in [0.25, 0.3) is 10.9 Å². The van der Waals surface area contributed by atoms with Gasteiger partial charge in [-0.1, -0.05) is 25.4 Å². The van der Waals surface area contributed by atoms with E-state index in [4.69, 9.17) is 11.6 Å². The average molecular weight is 343 g/mol. The molecule has 0 saturated carbocycles. The number of hydrogen-bond donors (Lipinski definition) is 2. The van der Waals surface area contributed by atoms with E-state index in [-0.39, 0.29) is 10.6 Å². The summed E-state index contributed by atoms with van der Waals surface area (Å²) in [6.45, 7) is 4.03. The van der Waals surface area contributed by atoms with Gasteiger partial charge >= 0.3 is 0 Å². The minimum atomic E-state index is -0.928. The number of nitrogens with one attached hydrogen (secondary N) is 1. The third-order valence-electron chi connectivity index (χ3n) is 4.92. The Hall–Kier alpha value is -0.780. The van der Waals surface area contributed by atoms with E-state index >= 15 is 0 Å². The first-order valence-electron chi connectivity index (χ1n) is 7.49. The second kappa shape index (κ2) is 6.02. The van der Waals surface area contributed by atoms with Gasteiger partial charge in [0.15, 0.2) is 0 Å². The van der Waals surface area contributed by atoms with Gasteiger partial charge in [0.2, 0.25) is 0 Å². The van der Waals surface area contributed by atoms with Crippen molar-refractivity contribution in [3.8, 4) is 0 Å². The molecule has 1 atom stereocenters. The predicted molar refractivity (Wildman–Crippen MR) is 89.9 cm³/mol. The van der Waals surface area contributed by atoms with E-state index < -0.39 is 17.3 Å². The summed E-state index contributed by atoms with van der Waals surface area (Å²) in [6, 6.07) is 1.54. The normalized spacial score (nSPS) is 18.8. The van der Waals surface area contributed by atoms with Crippen molar-refractivity contribution in [1.29, 1.82) is 0 Å². The van der Waals surface area contributed by atoms with Gasteiger partial charge in [0.05, 0.1) is 22.8 Å². The molecule has 1 fully saturated rings. The van der Waals surface area contributed by atoms with Gasteiger partial charge in [-0.15, -0.1) is 0 Å². The number of fused-ring (bicyclic) bond motifs is 1. The fourth-order valence-corrected chi connectivity index (χ4v) is 4.68. The molecule has 0 spiro atoms. The molecular weight excluding hydrogens is 323 g/mol. The Labute approximate surface area is 138 Å². The number of rotatable bonds is 3. The Bertz CT molecular complexity index is 682. The van der Waals surface area contributed by atoms with E-state index in [1.807, 2.05) is 25.6 Å². The second-order valence-corrected chi connectivity index (χ2v) is 8.16. The van der Waals surface area contributed by atoms with E-state index in [2.05, 4.69) is 10.2 Å². The summed E-state index contributed by atoms with van der Waals surface area (Å²) in [5.41, 5.74) is 0.348. The Balaban J connectivity index is 2.05. The molecule has 2 aromatic rings. The summed E-state index contributed by atoms with van der Waals surface area (Å²) in [5, 5.41) is 18.5. The molecule has 3 nitrogen and oxygen atoms in total. The van der Waals surface area contributed by atoms with Gasteiger partial charge in [0.1, 0.15) is 5.82 Å². The van der Waals surface area contributed by atoms with Crippen molar-refractivity contribution in [2.24, 2.45) is 11.3 Å². The molecule has 1 saturated heterocycles. The lowest BCUT2D eigenvalue weighted by Gasteiger charge is -2.40. The summed E-state index contributed by atoms with van der Waals surface area (Å²) in [6.07, 6.45) is 2.76. The van der Waals surface area contributed by atoms with Crippen LogP contribution in [0.3, 0.4) is 0 Å². The maximum absolute atomic E-state index is 14.6. The number of halogens is 2. The maximum atomic E-state index is 14.6. The average Bonchev–Trinajstić information content (AvgIpc) is 2.96. The zero-order valence-corrected chi connectivity index (χ0v) is 14.3. The largest absolute Gasteiger partial charge is 0.388 e. The highest BCUT2D eigenvalue weighted by atomic mass is 35.5. The number of hydrogen-bond acceptors (Lipinski definition) is 3. The molecule has 0 aliphatic carbocycles. The molecule has 22 heavy (non-hydrogen) atoms. The Morgan fingerprint density at radius 3 is 2.82 bits per heavy atom. The van der Waals surface area contributed by atoms with Crippen molar-refractivity contribution in [1.82, 2.24) is 10.2 Å². The van der Waals surface area contributed by atoms with Crippen LogP contribution in [0.4, 0.5) is 4.39 Å². The zero-order valence-electron chi connectivity index (χ0n) is 12.7. The van der Waals surface area contributed by atoms with E-state index in [0.29, 0.717) is 11.4 Å². The first kappa shape index (κ1) is 16.1. The lowest BCUT2D eigenvalue weighted by molar-refractivity contribution is -0.000119. The zero-order chi connectivity index (χ0) is 15.9. The molecule has 6 heteroatoms. The molecule has 1 aromatic heterocycles. The van der Waals surface area contributed by atoms with Crippen molar-refractivity contribution in [2.45, 2.75) is 32.8 Å². The highest BCUT2D eigenvalue weighted by Gasteiger charge is 2.40. The molecule has 1 unspecified atom stereocenters. The quantitative estimate of drug-likeness (QED) is 0.859. The number of aliphatic hydroxyl groups excluding tert-OH is 1. The third kappa shape index (κ3) is 2.63. The number of benzene rings is 1. The number of aromatic amines is 1. The lowest BCUT2D eigenvalue weighted by atomic mass is 9.69. The molecule has 0 radical (unpaired) electrons. The Morgan fingerprint density at radius 2 is 2.14 bits per heavy atom. The molecule has 3 rings (SSSR count). The molecule has 1 aliphatic heterocycles. The topological polar surface area (TPSA) is 48.9 Å². The predicted octanol–water partition coefficient (Wildman–Crippen LogP) is 4.56. The number of H-pyrrole nitrogens is 1. The van der Waals surface area contributed by atoms with Crippen LogP contribution in [0, 0.1) is 17.2 Å². The van der Waals surface area contributed by atoms with Crippen LogP contribution in [0.1, 0.15) is 38.4 Å². The molecule has 1 aromatic carbocycles. The number of thioether (sulfide) groups is 1. The minimum Gasteiger partial charge on any atom is -0.388 e. The molecule has 0 amide bonds. The van der Waals surface area contributed by atoms with Gasteiger partial charge in [0.25, 0.3) is 0 Å². The van der Waals surface area contributed by atoms with Gasteiger partial charge in [-0.2, -0.15) is 16.9 Å². The van der Waals surface area contributed by atoms with E-state index in [1.54, 1.807) is 6.20 Å².